The first-order chi connectivity index (χ1) is 8.17. The average molecular weight is 236 g/mol. The molecule has 1 rings (SSSR count). The van der Waals surface area contributed by atoms with Gasteiger partial charge in [0.1, 0.15) is 0 Å². The highest BCUT2D eigenvalue weighted by Crippen LogP contribution is 2.15. The number of nitrogens with two attached hydrogens (primary N) is 1. The number of aryl methyl sites for hydroxylation is 1. The normalized spacial score (nSPS) is 13.0. The van der Waals surface area contributed by atoms with Crippen molar-refractivity contribution in [3.8, 4) is 0 Å². The van der Waals surface area contributed by atoms with Crippen LogP contribution in [0.2, 0.25) is 0 Å². The Morgan fingerprint density at radius 3 is 2.41 bits per heavy atom. The van der Waals surface area contributed by atoms with Crippen LogP contribution in [0.4, 0.5) is 0 Å². The van der Waals surface area contributed by atoms with Crippen LogP contribution in [-0.2, 0) is 0 Å². The van der Waals surface area contributed by atoms with Gasteiger partial charge in [-0.1, -0.05) is 36.8 Å². The van der Waals surface area contributed by atoms with E-state index in [9.17, 15) is 0 Å². The predicted octanol–water partition coefficient (Wildman–Crippen LogP) is 1.70. The first kappa shape index (κ1) is 14.2. The zero-order chi connectivity index (χ0) is 12.7. The van der Waals surface area contributed by atoms with E-state index in [0.717, 1.165) is 26.1 Å². The number of benzene rings is 1. The highest BCUT2D eigenvalue weighted by atomic mass is 16.3. The lowest BCUT2D eigenvalue weighted by Crippen LogP contribution is -2.29. The van der Waals surface area contributed by atoms with Crippen LogP contribution in [0, 0.1) is 6.92 Å². The molecule has 3 nitrogen and oxygen atoms in total. The van der Waals surface area contributed by atoms with Gasteiger partial charge in [0.25, 0.3) is 0 Å². The molecule has 1 aromatic rings. The van der Waals surface area contributed by atoms with E-state index in [1.165, 1.54) is 11.1 Å². The maximum atomic E-state index is 8.91. The van der Waals surface area contributed by atoms with E-state index in [1.807, 2.05) is 0 Å². The smallest absolute Gasteiger partial charge is 0.0558 e. The lowest BCUT2D eigenvalue weighted by atomic mass is 10.0. The molecule has 0 aliphatic rings. The van der Waals surface area contributed by atoms with Crippen LogP contribution < -0.4 is 5.73 Å². The minimum absolute atomic E-state index is 0.0864. The Hall–Kier alpha value is -0.900. The Balaban J connectivity index is 2.43. The molecular weight excluding hydrogens is 212 g/mol. The highest BCUT2D eigenvalue weighted by molar-refractivity contribution is 5.23. The molecule has 3 heteroatoms. The molecule has 0 heterocycles. The van der Waals surface area contributed by atoms with E-state index in [4.69, 9.17) is 10.8 Å². The number of likely N-dealkylation sites (N-methyl/N-ethyl adjacent to an activating group) is 1. The first-order valence-electron chi connectivity index (χ1n) is 6.32. The SMILES string of the molecule is CCN(CCO)CCC(N)c1ccc(C)cc1. The molecule has 0 amide bonds. The number of rotatable bonds is 7. The Labute approximate surface area is 104 Å². The molecule has 0 aliphatic carbocycles. The van der Waals surface area contributed by atoms with Crippen molar-refractivity contribution in [1.29, 1.82) is 0 Å². The van der Waals surface area contributed by atoms with Crippen LogP contribution in [0.3, 0.4) is 0 Å². The molecule has 0 aliphatic heterocycles. The fourth-order valence-electron chi connectivity index (χ4n) is 1.87. The van der Waals surface area contributed by atoms with Crippen LogP contribution >= 0.6 is 0 Å². The lowest BCUT2D eigenvalue weighted by molar-refractivity contribution is 0.198. The topological polar surface area (TPSA) is 49.5 Å². The molecule has 1 aromatic carbocycles. The maximum absolute atomic E-state index is 8.91. The second-order valence-corrected chi connectivity index (χ2v) is 4.46. The van der Waals surface area contributed by atoms with Crippen molar-refractivity contribution in [2.75, 3.05) is 26.2 Å². The summed E-state index contributed by atoms with van der Waals surface area (Å²) >= 11 is 0. The molecule has 0 aromatic heterocycles. The molecule has 0 fully saturated rings. The average Bonchev–Trinajstić information content (AvgIpc) is 2.35. The van der Waals surface area contributed by atoms with Crippen LogP contribution in [0.5, 0.6) is 0 Å². The number of aliphatic hydroxyl groups is 1. The lowest BCUT2D eigenvalue weighted by Gasteiger charge is -2.21. The van der Waals surface area contributed by atoms with Crippen molar-refractivity contribution in [3.63, 3.8) is 0 Å². The third kappa shape index (κ3) is 4.86. The zero-order valence-corrected chi connectivity index (χ0v) is 10.9. The Morgan fingerprint density at radius 1 is 1.24 bits per heavy atom. The second-order valence-electron chi connectivity index (χ2n) is 4.46. The molecule has 3 N–H and O–H groups in total. The predicted molar refractivity (Wildman–Crippen MR) is 71.9 cm³/mol. The van der Waals surface area contributed by atoms with Crippen LogP contribution in [0.15, 0.2) is 24.3 Å². The van der Waals surface area contributed by atoms with Gasteiger partial charge in [-0.25, -0.2) is 0 Å². The van der Waals surface area contributed by atoms with Gasteiger partial charge in [-0.15, -0.1) is 0 Å². The largest absolute Gasteiger partial charge is 0.395 e. The van der Waals surface area contributed by atoms with Crippen LogP contribution in [-0.4, -0.2) is 36.2 Å². The molecule has 17 heavy (non-hydrogen) atoms. The summed E-state index contributed by atoms with van der Waals surface area (Å²) < 4.78 is 0. The summed E-state index contributed by atoms with van der Waals surface area (Å²) in [6, 6.07) is 8.48. The van der Waals surface area contributed by atoms with Gasteiger partial charge in [-0.3, -0.25) is 0 Å². The van der Waals surface area contributed by atoms with Crippen LogP contribution in [0.25, 0.3) is 0 Å². The summed E-state index contributed by atoms with van der Waals surface area (Å²) in [6.07, 6.45) is 0.927. The molecule has 0 saturated heterocycles. The van der Waals surface area contributed by atoms with Crippen molar-refractivity contribution >= 4 is 0 Å². The minimum Gasteiger partial charge on any atom is -0.395 e. The van der Waals surface area contributed by atoms with Crippen molar-refractivity contribution < 1.29 is 5.11 Å². The standard InChI is InChI=1S/C14H24N2O/c1-3-16(10-11-17)9-8-14(15)13-6-4-12(2)5-7-13/h4-7,14,17H,3,8-11,15H2,1-2H3. The summed E-state index contributed by atoms with van der Waals surface area (Å²) in [5.41, 5.74) is 8.61. The van der Waals surface area contributed by atoms with Crippen molar-refractivity contribution in [1.82, 2.24) is 4.90 Å². The highest BCUT2D eigenvalue weighted by Gasteiger charge is 2.08. The quantitative estimate of drug-likeness (QED) is 0.757. The molecule has 0 radical (unpaired) electrons. The van der Waals surface area contributed by atoms with Gasteiger partial charge in [0.05, 0.1) is 6.61 Å². The fourth-order valence-corrected chi connectivity index (χ4v) is 1.87. The molecule has 1 atom stereocenters. The third-order valence-electron chi connectivity index (χ3n) is 3.13. The summed E-state index contributed by atoms with van der Waals surface area (Å²) in [5.74, 6) is 0. The number of nitrogens with zero attached hydrogens (tertiary/aromatic N) is 1. The van der Waals surface area contributed by atoms with Crippen molar-refractivity contribution in [2.24, 2.45) is 5.73 Å². The fraction of sp³-hybridized carbons (Fsp3) is 0.571. The van der Waals surface area contributed by atoms with E-state index in [0.29, 0.717) is 0 Å². The number of aliphatic hydroxyl groups excluding tert-OH is 1. The summed E-state index contributed by atoms with van der Waals surface area (Å²) in [5, 5.41) is 8.91. The summed E-state index contributed by atoms with van der Waals surface area (Å²) in [4.78, 5) is 2.22. The molecule has 96 valence electrons. The second kappa shape index (κ2) is 7.43. The van der Waals surface area contributed by atoms with Crippen molar-refractivity contribution in [3.05, 3.63) is 35.4 Å². The molecular formula is C14H24N2O. The van der Waals surface area contributed by atoms with E-state index in [2.05, 4.69) is 43.0 Å². The van der Waals surface area contributed by atoms with E-state index in [1.54, 1.807) is 0 Å². The van der Waals surface area contributed by atoms with Gasteiger partial charge in [0, 0.05) is 19.1 Å². The molecule has 1 unspecified atom stereocenters. The monoisotopic (exact) mass is 236 g/mol. The van der Waals surface area contributed by atoms with E-state index in [-0.39, 0.29) is 12.6 Å². The number of hydrogen-bond acceptors (Lipinski definition) is 3. The summed E-state index contributed by atoms with van der Waals surface area (Å²) in [6.45, 7) is 7.03. The Morgan fingerprint density at radius 2 is 1.88 bits per heavy atom. The van der Waals surface area contributed by atoms with Crippen molar-refractivity contribution in [2.45, 2.75) is 26.3 Å². The van der Waals surface area contributed by atoms with E-state index < -0.39 is 0 Å². The van der Waals surface area contributed by atoms with Gasteiger partial charge in [0.2, 0.25) is 0 Å². The van der Waals surface area contributed by atoms with Gasteiger partial charge < -0.3 is 15.7 Å². The first-order valence-corrected chi connectivity index (χ1v) is 6.32. The van der Waals surface area contributed by atoms with Gasteiger partial charge in [0.15, 0.2) is 0 Å². The number of hydrogen-bond donors (Lipinski definition) is 2. The van der Waals surface area contributed by atoms with Gasteiger partial charge >= 0.3 is 0 Å². The zero-order valence-electron chi connectivity index (χ0n) is 10.9. The molecule has 0 spiro atoms. The Bertz CT molecular complexity index is 311. The van der Waals surface area contributed by atoms with Crippen LogP contribution in [0.1, 0.15) is 30.5 Å². The Kier molecular flexibility index (Phi) is 6.19. The van der Waals surface area contributed by atoms with E-state index >= 15 is 0 Å². The molecule has 0 bridgehead atoms. The maximum Gasteiger partial charge on any atom is 0.0558 e. The van der Waals surface area contributed by atoms with Gasteiger partial charge in [-0.2, -0.15) is 0 Å². The third-order valence-corrected chi connectivity index (χ3v) is 3.13. The summed E-state index contributed by atoms with van der Waals surface area (Å²) in [7, 11) is 0. The minimum atomic E-state index is 0.0864. The van der Waals surface area contributed by atoms with Gasteiger partial charge in [-0.05, 0) is 25.5 Å². The molecule has 0 saturated carbocycles.